The third-order valence-corrected chi connectivity index (χ3v) is 4.85. The average Bonchev–Trinajstić information content (AvgIpc) is 2.42. The topological polar surface area (TPSA) is 0 Å². The standard InChI is InChI=1S/C15H8Br2F6S/c16-11-1-8(2-12(17)6-11)7-24-13-4-9(14(18,19)20)3-10(5-13)15(21,22)23/h1-6H,7H2. The van der Waals surface area contributed by atoms with E-state index in [2.05, 4.69) is 31.9 Å². The highest BCUT2D eigenvalue weighted by atomic mass is 79.9. The van der Waals surface area contributed by atoms with Gasteiger partial charge in [0, 0.05) is 19.6 Å². The van der Waals surface area contributed by atoms with Crippen LogP contribution in [0.3, 0.4) is 0 Å². The normalized spacial score (nSPS) is 12.5. The Hall–Kier alpha value is -0.670. The minimum atomic E-state index is -4.84. The molecule has 0 aromatic heterocycles. The summed E-state index contributed by atoms with van der Waals surface area (Å²) in [6.45, 7) is 0. The van der Waals surface area contributed by atoms with Crippen molar-refractivity contribution >= 4 is 43.6 Å². The Bertz CT molecular complexity index is 687. The predicted octanol–water partition coefficient (Wildman–Crippen LogP) is 7.54. The summed E-state index contributed by atoms with van der Waals surface area (Å²) in [5, 5.41) is 0. The van der Waals surface area contributed by atoms with Gasteiger partial charge in [-0.3, -0.25) is 0 Å². The fraction of sp³-hybridized carbons (Fsp3) is 0.200. The summed E-state index contributed by atoms with van der Waals surface area (Å²) in [6, 6.07) is 6.85. The summed E-state index contributed by atoms with van der Waals surface area (Å²) in [7, 11) is 0. The monoisotopic (exact) mass is 492 g/mol. The van der Waals surface area contributed by atoms with Gasteiger partial charge in [0.1, 0.15) is 0 Å². The van der Waals surface area contributed by atoms with Crippen molar-refractivity contribution in [3.05, 3.63) is 62.0 Å². The molecule has 0 heterocycles. The molecule has 24 heavy (non-hydrogen) atoms. The quantitative estimate of drug-likeness (QED) is 0.314. The molecule has 0 aliphatic rings. The summed E-state index contributed by atoms with van der Waals surface area (Å²) in [6.07, 6.45) is -9.68. The molecule has 0 N–H and O–H groups in total. The Balaban J connectivity index is 2.32. The van der Waals surface area contributed by atoms with Crippen LogP contribution < -0.4 is 0 Å². The molecule has 130 valence electrons. The smallest absolute Gasteiger partial charge is 0.166 e. The number of hydrogen-bond acceptors (Lipinski definition) is 1. The van der Waals surface area contributed by atoms with Gasteiger partial charge in [-0.25, -0.2) is 0 Å². The third kappa shape index (κ3) is 5.42. The predicted molar refractivity (Wildman–Crippen MR) is 87.8 cm³/mol. The van der Waals surface area contributed by atoms with Crippen LogP contribution in [0, 0.1) is 0 Å². The summed E-state index contributed by atoms with van der Waals surface area (Å²) in [5.41, 5.74) is -1.86. The Morgan fingerprint density at radius 3 is 1.58 bits per heavy atom. The molecule has 2 aromatic rings. The second-order valence-electron chi connectivity index (χ2n) is 4.81. The molecule has 0 amide bonds. The van der Waals surface area contributed by atoms with E-state index >= 15 is 0 Å². The van der Waals surface area contributed by atoms with E-state index in [-0.39, 0.29) is 16.7 Å². The SMILES string of the molecule is FC(F)(F)c1cc(SCc2cc(Br)cc(Br)c2)cc(C(F)(F)F)c1. The first-order valence-electron chi connectivity index (χ1n) is 6.32. The van der Waals surface area contributed by atoms with E-state index in [1.54, 1.807) is 18.2 Å². The van der Waals surface area contributed by atoms with Crippen molar-refractivity contribution < 1.29 is 26.3 Å². The molecular formula is C15H8Br2F6S. The zero-order valence-electron chi connectivity index (χ0n) is 11.6. The van der Waals surface area contributed by atoms with Gasteiger partial charge in [-0.1, -0.05) is 31.9 Å². The lowest BCUT2D eigenvalue weighted by Gasteiger charge is -2.14. The van der Waals surface area contributed by atoms with Gasteiger partial charge in [0.25, 0.3) is 0 Å². The van der Waals surface area contributed by atoms with Crippen molar-refractivity contribution in [1.82, 2.24) is 0 Å². The highest BCUT2D eigenvalue weighted by molar-refractivity contribution is 9.11. The van der Waals surface area contributed by atoms with Crippen molar-refractivity contribution in [2.24, 2.45) is 0 Å². The van der Waals surface area contributed by atoms with Crippen LogP contribution in [-0.4, -0.2) is 0 Å². The largest absolute Gasteiger partial charge is 0.416 e. The highest BCUT2D eigenvalue weighted by Gasteiger charge is 2.36. The van der Waals surface area contributed by atoms with Gasteiger partial charge in [-0.15, -0.1) is 11.8 Å². The third-order valence-electron chi connectivity index (χ3n) is 2.89. The number of alkyl halides is 6. The maximum atomic E-state index is 12.8. The Kier molecular flexibility index (Phi) is 5.97. The van der Waals surface area contributed by atoms with E-state index < -0.39 is 23.5 Å². The van der Waals surface area contributed by atoms with E-state index in [4.69, 9.17) is 0 Å². The van der Waals surface area contributed by atoms with Gasteiger partial charge >= 0.3 is 12.4 Å². The highest BCUT2D eigenvalue weighted by Crippen LogP contribution is 2.39. The van der Waals surface area contributed by atoms with E-state index in [1.807, 2.05) is 0 Å². The number of hydrogen-bond donors (Lipinski definition) is 0. The average molecular weight is 494 g/mol. The summed E-state index contributed by atoms with van der Waals surface area (Å²) in [5.74, 6) is 0.233. The van der Waals surface area contributed by atoms with Crippen LogP contribution in [0.5, 0.6) is 0 Å². The molecule has 0 aliphatic heterocycles. The molecule has 0 fully saturated rings. The summed E-state index contributed by atoms with van der Waals surface area (Å²) in [4.78, 5) is -0.0896. The maximum Gasteiger partial charge on any atom is 0.416 e. The number of rotatable bonds is 3. The van der Waals surface area contributed by atoms with Crippen LogP contribution in [0.25, 0.3) is 0 Å². The second kappa shape index (κ2) is 7.29. The molecule has 0 nitrogen and oxygen atoms in total. The lowest BCUT2D eigenvalue weighted by Crippen LogP contribution is -2.10. The van der Waals surface area contributed by atoms with E-state index in [0.717, 1.165) is 38.4 Å². The molecule has 0 atom stereocenters. The van der Waals surface area contributed by atoms with Crippen LogP contribution in [0.1, 0.15) is 16.7 Å². The Morgan fingerprint density at radius 1 is 0.708 bits per heavy atom. The van der Waals surface area contributed by atoms with Crippen LogP contribution in [0.2, 0.25) is 0 Å². The fourth-order valence-electron chi connectivity index (χ4n) is 1.87. The van der Waals surface area contributed by atoms with Gasteiger partial charge < -0.3 is 0 Å². The molecule has 0 spiro atoms. The van der Waals surface area contributed by atoms with Crippen molar-refractivity contribution in [1.29, 1.82) is 0 Å². The molecule has 9 heteroatoms. The lowest BCUT2D eigenvalue weighted by atomic mass is 10.1. The first-order valence-corrected chi connectivity index (χ1v) is 8.89. The van der Waals surface area contributed by atoms with Crippen LogP contribution in [0.15, 0.2) is 50.2 Å². The summed E-state index contributed by atoms with van der Waals surface area (Å²) >= 11 is 7.47. The number of benzene rings is 2. The van der Waals surface area contributed by atoms with Gasteiger partial charge in [0.15, 0.2) is 0 Å². The van der Waals surface area contributed by atoms with E-state index in [1.165, 1.54) is 0 Å². The van der Waals surface area contributed by atoms with Gasteiger partial charge in [-0.2, -0.15) is 26.3 Å². The first kappa shape index (κ1) is 19.7. The van der Waals surface area contributed by atoms with Gasteiger partial charge in [0.05, 0.1) is 11.1 Å². The van der Waals surface area contributed by atoms with Crippen molar-refractivity contribution in [3.63, 3.8) is 0 Å². The Morgan fingerprint density at radius 2 is 1.17 bits per heavy atom. The minimum Gasteiger partial charge on any atom is -0.166 e. The van der Waals surface area contributed by atoms with Crippen LogP contribution >= 0.6 is 43.6 Å². The van der Waals surface area contributed by atoms with Gasteiger partial charge in [-0.05, 0) is 42.0 Å². The van der Waals surface area contributed by atoms with Crippen molar-refractivity contribution in [2.45, 2.75) is 23.0 Å². The van der Waals surface area contributed by atoms with Crippen molar-refractivity contribution in [2.75, 3.05) is 0 Å². The Labute approximate surface area is 154 Å². The van der Waals surface area contributed by atoms with Crippen LogP contribution in [-0.2, 0) is 18.1 Å². The van der Waals surface area contributed by atoms with Gasteiger partial charge in [0.2, 0.25) is 0 Å². The fourth-order valence-corrected chi connectivity index (χ4v) is 4.18. The van der Waals surface area contributed by atoms with Crippen LogP contribution in [0.4, 0.5) is 26.3 Å². The van der Waals surface area contributed by atoms with E-state index in [0.29, 0.717) is 0 Å². The molecular weight excluding hydrogens is 486 g/mol. The molecule has 0 saturated heterocycles. The minimum absolute atomic E-state index is 0.0896. The molecule has 0 bridgehead atoms. The first-order chi connectivity index (χ1) is 10.9. The number of halogens is 8. The molecule has 2 aromatic carbocycles. The second-order valence-corrected chi connectivity index (χ2v) is 7.69. The zero-order chi connectivity index (χ0) is 18.1. The number of thioether (sulfide) groups is 1. The molecule has 0 radical (unpaired) electrons. The van der Waals surface area contributed by atoms with E-state index in [9.17, 15) is 26.3 Å². The molecule has 0 saturated carbocycles. The molecule has 0 unspecified atom stereocenters. The summed E-state index contributed by atoms with van der Waals surface area (Å²) < 4.78 is 78.4. The molecule has 0 aliphatic carbocycles. The molecule has 2 rings (SSSR count). The lowest BCUT2D eigenvalue weighted by molar-refractivity contribution is -0.143. The maximum absolute atomic E-state index is 12.8. The van der Waals surface area contributed by atoms with Crippen molar-refractivity contribution in [3.8, 4) is 0 Å². The zero-order valence-corrected chi connectivity index (χ0v) is 15.6.